The number of carbonyl (C=O) groups excluding carboxylic acids is 2. The molecule has 19 heavy (non-hydrogen) atoms. The van der Waals surface area contributed by atoms with E-state index in [-0.39, 0.29) is 12.2 Å². The van der Waals surface area contributed by atoms with Gasteiger partial charge in [0, 0.05) is 6.42 Å². The van der Waals surface area contributed by atoms with E-state index in [1.165, 1.54) is 6.92 Å². The summed E-state index contributed by atoms with van der Waals surface area (Å²) in [5.41, 5.74) is 0.826. The van der Waals surface area contributed by atoms with Gasteiger partial charge < -0.3 is 4.79 Å². The highest BCUT2D eigenvalue weighted by Gasteiger charge is 2.35. The molecule has 2 rings (SSSR count). The third-order valence-corrected chi connectivity index (χ3v) is 3.31. The molecule has 0 spiro atoms. The quantitative estimate of drug-likeness (QED) is 0.766. The molecule has 0 saturated heterocycles. The maximum Gasteiger partial charge on any atom is 0.135 e. The van der Waals surface area contributed by atoms with Crippen LogP contribution in [0.3, 0.4) is 0 Å². The fourth-order valence-corrected chi connectivity index (χ4v) is 2.41. The van der Waals surface area contributed by atoms with Crippen molar-refractivity contribution >= 4 is 12.1 Å². The van der Waals surface area contributed by atoms with Gasteiger partial charge in [-0.3, -0.25) is 4.79 Å². The zero-order valence-corrected chi connectivity index (χ0v) is 10.9. The highest BCUT2D eigenvalue weighted by atomic mass is 16.1. The highest BCUT2D eigenvalue weighted by molar-refractivity contribution is 5.86. The van der Waals surface area contributed by atoms with E-state index in [0.29, 0.717) is 0 Å². The van der Waals surface area contributed by atoms with Crippen LogP contribution in [-0.4, -0.2) is 12.1 Å². The first-order chi connectivity index (χ1) is 9.19. The monoisotopic (exact) mass is 252 g/mol. The van der Waals surface area contributed by atoms with Crippen molar-refractivity contribution in [2.24, 2.45) is 0 Å². The standard InChI is InChI=1S/C17H16O2/c1-14(19)12-17(13-18,15-8-4-2-5-9-15)16-10-6-3-7-11-16/h2-11,13H,12H2,1H3. The molecule has 0 N–H and O–H groups in total. The van der Waals surface area contributed by atoms with Gasteiger partial charge in [0.25, 0.3) is 0 Å². The second-order valence-electron chi connectivity index (χ2n) is 4.70. The van der Waals surface area contributed by atoms with Crippen molar-refractivity contribution < 1.29 is 9.59 Å². The second-order valence-corrected chi connectivity index (χ2v) is 4.70. The van der Waals surface area contributed by atoms with Crippen molar-refractivity contribution in [1.82, 2.24) is 0 Å². The van der Waals surface area contributed by atoms with Crippen LogP contribution in [-0.2, 0) is 15.0 Å². The predicted octanol–water partition coefficient (Wildman–Crippen LogP) is 3.15. The smallest absolute Gasteiger partial charge is 0.135 e. The Morgan fingerprint density at radius 3 is 1.68 bits per heavy atom. The van der Waals surface area contributed by atoms with Crippen molar-refractivity contribution in [2.75, 3.05) is 0 Å². The average molecular weight is 252 g/mol. The maximum absolute atomic E-state index is 11.8. The van der Waals surface area contributed by atoms with E-state index in [1.807, 2.05) is 60.7 Å². The summed E-state index contributed by atoms with van der Waals surface area (Å²) in [7, 11) is 0. The minimum Gasteiger partial charge on any atom is -0.302 e. The molecule has 0 saturated carbocycles. The van der Waals surface area contributed by atoms with Gasteiger partial charge in [0.15, 0.2) is 0 Å². The van der Waals surface area contributed by atoms with Gasteiger partial charge in [-0.15, -0.1) is 0 Å². The Hall–Kier alpha value is -2.22. The molecule has 0 fully saturated rings. The minimum atomic E-state index is -0.881. The number of ketones is 1. The molecule has 2 aromatic carbocycles. The Kier molecular flexibility index (Phi) is 3.91. The first-order valence-electron chi connectivity index (χ1n) is 6.26. The summed E-state index contributed by atoms with van der Waals surface area (Å²) in [5.74, 6) is -0.000180. The summed E-state index contributed by atoms with van der Waals surface area (Å²) >= 11 is 0. The predicted molar refractivity (Wildman–Crippen MR) is 75.0 cm³/mol. The molecule has 2 nitrogen and oxygen atoms in total. The van der Waals surface area contributed by atoms with Crippen LogP contribution in [0.4, 0.5) is 0 Å². The Morgan fingerprint density at radius 1 is 0.947 bits per heavy atom. The second kappa shape index (κ2) is 5.61. The summed E-state index contributed by atoms with van der Waals surface area (Å²) in [5, 5.41) is 0. The van der Waals surface area contributed by atoms with Crippen LogP contribution in [0.2, 0.25) is 0 Å². The third kappa shape index (κ3) is 2.63. The lowest BCUT2D eigenvalue weighted by molar-refractivity contribution is -0.121. The van der Waals surface area contributed by atoms with Gasteiger partial charge in [-0.2, -0.15) is 0 Å². The zero-order valence-electron chi connectivity index (χ0n) is 10.9. The van der Waals surface area contributed by atoms with Crippen molar-refractivity contribution in [3.8, 4) is 0 Å². The minimum absolute atomic E-state index is 0.000180. The first kappa shape index (κ1) is 13.2. The number of benzene rings is 2. The van der Waals surface area contributed by atoms with Gasteiger partial charge >= 0.3 is 0 Å². The van der Waals surface area contributed by atoms with Gasteiger partial charge in [0.05, 0.1) is 5.41 Å². The lowest BCUT2D eigenvalue weighted by atomic mass is 9.72. The van der Waals surface area contributed by atoms with Gasteiger partial charge in [-0.25, -0.2) is 0 Å². The molecule has 0 bridgehead atoms. The Bertz CT molecular complexity index is 519. The van der Waals surface area contributed by atoms with Crippen LogP contribution in [0.1, 0.15) is 24.5 Å². The summed E-state index contributed by atoms with van der Waals surface area (Å²) in [6, 6.07) is 18.9. The number of rotatable bonds is 5. The van der Waals surface area contributed by atoms with Crippen LogP contribution in [0, 0.1) is 0 Å². The number of hydrogen-bond donors (Lipinski definition) is 0. The van der Waals surface area contributed by atoms with Gasteiger partial charge in [-0.1, -0.05) is 60.7 Å². The van der Waals surface area contributed by atoms with Crippen molar-refractivity contribution in [3.63, 3.8) is 0 Å². The summed E-state index contributed by atoms with van der Waals surface area (Å²) < 4.78 is 0. The first-order valence-corrected chi connectivity index (χ1v) is 6.26. The molecule has 2 heteroatoms. The lowest BCUT2D eigenvalue weighted by Crippen LogP contribution is -2.32. The maximum atomic E-state index is 11.8. The van der Waals surface area contributed by atoms with Crippen molar-refractivity contribution in [2.45, 2.75) is 18.8 Å². The molecule has 0 atom stereocenters. The van der Waals surface area contributed by atoms with E-state index >= 15 is 0 Å². The Morgan fingerprint density at radius 2 is 1.37 bits per heavy atom. The summed E-state index contributed by atoms with van der Waals surface area (Å²) in [6.45, 7) is 1.52. The van der Waals surface area contributed by atoms with E-state index in [4.69, 9.17) is 0 Å². The topological polar surface area (TPSA) is 34.1 Å². The third-order valence-electron chi connectivity index (χ3n) is 3.31. The zero-order chi connectivity index (χ0) is 13.7. The number of hydrogen-bond acceptors (Lipinski definition) is 2. The summed E-state index contributed by atoms with van der Waals surface area (Å²) in [4.78, 5) is 23.4. The van der Waals surface area contributed by atoms with Crippen LogP contribution >= 0.6 is 0 Å². The molecular formula is C17H16O2. The van der Waals surface area contributed by atoms with Crippen molar-refractivity contribution in [1.29, 1.82) is 0 Å². The van der Waals surface area contributed by atoms with Crippen LogP contribution in [0.15, 0.2) is 60.7 Å². The fourth-order valence-electron chi connectivity index (χ4n) is 2.41. The molecule has 0 amide bonds. The molecule has 0 aliphatic heterocycles. The molecule has 2 aromatic rings. The van der Waals surface area contributed by atoms with Crippen molar-refractivity contribution in [3.05, 3.63) is 71.8 Å². The fraction of sp³-hybridized carbons (Fsp3) is 0.176. The molecular weight excluding hydrogens is 236 g/mol. The van der Waals surface area contributed by atoms with Crippen LogP contribution < -0.4 is 0 Å². The average Bonchev–Trinajstić information content (AvgIpc) is 2.46. The van der Waals surface area contributed by atoms with Crippen LogP contribution in [0.25, 0.3) is 0 Å². The van der Waals surface area contributed by atoms with E-state index < -0.39 is 5.41 Å². The Balaban J connectivity index is 2.61. The molecule has 96 valence electrons. The Labute approximate surface area is 113 Å². The highest BCUT2D eigenvalue weighted by Crippen LogP contribution is 2.33. The van der Waals surface area contributed by atoms with E-state index in [1.54, 1.807) is 0 Å². The van der Waals surface area contributed by atoms with E-state index in [2.05, 4.69) is 0 Å². The number of Topliss-reactive ketones (excluding diaryl/α,β-unsaturated/α-hetero) is 1. The van der Waals surface area contributed by atoms with E-state index in [0.717, 1.165) is 17.4 Å². The van der Waals surface area contributed by atoms with E-state index in [9.17, 15) is 9.59 Å². The van der Waals surface area contributed by atoms with Gasteiger partial charge in [0.2, 0.25) is 0 Å². The largest absolute Gasteiger partial charge is 0.302 e. The molecule has 0 radical (unpaired) electrons. The molecule has 0 aromatic heterocycles. The normalized spacial score (nSPS) is 11.0. The van der Waals surface area contributed by atoms with Gasteiger partial charge in [0.1, 0.15) is 12.1 Å². The number of aldehydes is 1. The lowest BCUT2D eigenvalue weighted by Gasteiger charge is -2.28. The molecule has 0 aliphatic rings. The number of carbonyl (C=O) groups is 2. The summed E-state index contributed by atoms with van der Waals surface area (Å²) in [6.07, 6.45) is 1.07. The molecule has 0 heterocycles. The SMILES string of the molecule is CC(=O)CC(C=O)(c1ccccc1)c1ccccc1. The molecule has 0 unspecified atom stereocenters. The molecule has 0 aliphatic carbocycles. The van der Waals surface area contributed by atoms with Crippen LogP contribution in [0.5, 0.6) is 0 Å². The van der Waals surface area contributed by atoms with Gasteiger partial charge in [-0.05, 0) is 18.1 Å².